The third-order valence-electron chi connectivity index (χ3n) is 1.82. The number of halogens is 1. The monoisotopic (exact) mass is 255 g/mol. The second kappa shape index (κ2) is 5.83. The summed E-state index contributed by atoms with van der Waals surface area (Å²) in [6, 6.07) is 5.91. The van der Waals surface area contributed by atoms with Gasteiger partial charge >= 0.3 is 0 Å². The molecule has 0 bridgehead atoms. The zero-order valence-corrected chi connectivity index (χ0v) is 9.75. The van der Waals surface area contributed by atoms with Crippen LogP contribution in [0.4, 0.5) is 0 Å². The van der Waals surface area contributed by atoms with Crippen molar-refractivity contribution in [2.75, 3.05) is 13.7 Å². The highest BCUT2D eigenvalue weighted by Crippen LogP contribution is 2.24. The van der Waals surface area contributed by atoms with Crippen molar-refractivity contribution in [2.24, 2.45) is 5.73 Å². The summed E-state index contributed by atoms with van der Waals surface area (Å²) in [5, 5.41) is 0. The molecule has 0 aliphatic rings. The number of rotatable bonds is 4. The Balaban J connectivity index is 2.87. The van der Waals surface area contributed by atoms with Crippen molar-refractivity contribution in [3.63, 3.8) is 0 Å². The van der Waals surface area contributed by atoms with E-state index in [9.17, 15) is 0 Å². The molecule has 0 radical (unpaired) electrons. The van der Waals surface area contributed by atoms with Crippen molar-refractivity contribution in [1.29, 1.82) is 0 Å². The van der Waals surface area contributed by atoms with Gasteiger partial charge < -0.3 is 10.5 Å². The van der Waals surface area contributed by atoms with Crippen LogP contribution in [0.3, 0.4) is 0 Å². The maximum absolute atomic E-state index is 5.40. The predicted molar refractivity (Wildman–Crippen MR) is 63.4 cm³/mol. The number of ether oxygens (including phenoxy) is 1. The van der Waals surface area contributed by atoms with E-state index in [1.54, 1.807) is 7.11 Å². The van der Waals surface area contributed by atoms with Crippen LogP contribution in [0, 0.1) is 0 Å². The van der Waals surface area contributed by atoms with Crippen LogP contribution in [0.5, 0.6) is 5.75 Å². The largest absolute Gasteiger partial charge is 0.496 e. The fourth-order valence-electron chi connectivity index (χ4n) is 1.14. The molecule has 0 atom stereocenters. The molecule has 0 unspecified atom stereocenters. The summed E-state index contributed by atoms with van der Waals surface area (Å²) in [7, 11) is 1.67. The maximum atomic E-state index is 5.40. The van der Waals surface area contributed by atoms with Crippen LogP contribution in [0.15, 0.2) is 28.7 Å². The van der Waals surface area contributed by atoms with Crippen molar-refractivity contribution >= 4 is 22.0 Å². The quantitative estimate of drug-likeness (QED) is 0.899. The highest BCUT2D eigenvalue weighted by atomic mass is 79.9. The lowest BCUT2D eigenvalue weighted by atomic mass is 10.2. The van der Waals surface area contributed by atoms with Crippen LogP contribution in [0.25, 0.3) is 6.08 Å². The van der Waals surface area contributed by atoms with Gasteiger partial charge in [0.2, 0.25) is 0 Å². The standard InChI is InChI=1S/C11H14BrNO/c1-14-11-6-5-10(12)8-9(11)4-2-3-7-13/h2,4-6,8H,3,7,13H2,1H3. The van der Waals surface area contributed by atoms with Gasteiger partial charge in [0.05, 0.1) is 7.11 Å². The van der Waals surface area contributed by atoms with Crippen molar-refractivity contribution in [3.05, 3.63) is 34.3 Å². The Hall–Kier alpha value is -0.800. The zero-order valence-electron chi connectivity index (χ0n) is 8.16. The number of benzene rings is 1. The van der Waals surface area contributed by atoms with E-state index in [4.69, 9.17) is 10.5 Å². The minimum atomic E-state index is 0.673. The lowest BCUT2D eigenvalue weighted by molar-refractivity contribution is 0.414. The average Bonchev–Trinajstić information content (AvgIpc) is 2.19. The van der Waals surface area contributed by atoms with Crippen molar-refractivity contribution in [2.45, 2.75) is 6.42 Å². The fourth-order valence-corrected chi connectivity index (χ4v) is 1.52. The second-order valence-electron chi connectivity index (χ2n) is 2.87. The highest BCUT2D eigenvalue weighted by Gasteiger charge is 1.98. The third-order valence-corrected chi connectivity index (χ3v) is 2.32. The number of hydrogen-bond acceptors (Lipinski definition) is 2. The third kappa shape index (κ3) is 3.16. The normalized spacial score (nSPS) is 10.8. The zero-order chi connectivity index (χ0) is 10.4. The SMILES string of the molecule is COc1ccc(Br)cc1C=CCCN. The molecule has 0 spiro atoms. The molecule has 0 fully saturated rings. The number of hydrogen-bond donors (Lipinski definition) is 1. The van der Waals surface area contributed by atoms with Crippen molar-refractivity contribution in [1.82, 2.24) is 0 Å². The summed E-state index contributed by atoms with van der Waals surface area (Å²) in [4.78, 5) is 0. The molecule has 1 aromatic rings. The van der Waals surface area contributed by atoms with E-state index >= 15 is 0 Å². The van der Waals surface area contributed by atoms with E-state index < -0.39 is 0 Å². The summed E-state index contributed by atoms with van der Waals surface area (Å²) in [5.41, 5.74) is 6.47. The average molecular weight is 256 g/mol. The molecule has 0 saturated carbocycles. The van der Waals surface area contributed by atoms with Gasteiger partial charge in [0, 0.05) is 10.0 Å². The molecule has 1 aromatic carbocycles. The molecule has 1 rings (SSSR count). The smallest absolute Gasteiger partial charge is 0.126 e. The van der Waals surface area contributed by atoms with Gasteiger partial charge in [0.15, 0.2) is 0 Å². The van der Waals surface area contributed by atoms with Crippen LogP contribution in [0.1, 0.15) is 12.0 Å². The first-order valence-corrected chi connectivity index (χ1v) is 5.27. The van der Waals surface area contributed by atoms with E-state index in [2.05, 4.69) is 15.9 Å². The van der Waals surface area contributed by atoms with Gasteiger partial charge in [-0.3, -0.25) is 0 Å². The van der Waals surface area contributed by atoms with E-state index in [1.165, 1.54) is 0 Å². The van der Waals surface area contributed by atoms with E-state index in [0.29, 0.717) is 6.54 Å². The molecule has 0 aromatic heterocycles. The Morgan fingerprint density at radius 2 is 2.29 bits per heavy atom. The van der Waals surface area contributed by atoms with Crippen LogP contribution in [-0.4, -0.2) is 13.7 Å². The Morgan fingerprint density at radius 1 is 1.50 bits per heavy atom. The van der Waals surface area contributed by atoms with Gasteiger partial charge in [-0.25, -0.2) is 0 Å². The molecule has 2 nitrogen and oxygen atoms in total. The predicted octanol–water partition coefficient (Wildman–Crippen LogP) is 2.82. The summed E-state index contributed by atoms with van der Waals surface area (Å²) in [6.45, 7) is 0.673. The molecule has 76 valence electrons. The van der Waals surface area contributed by atoms with Crippen LogP contribution >= 0.6 is 15.9 Å². The summed E-state index contributed by atoms with van der Waals surface area (Å²) >= 11 is 3.42. The Labute approximate surface area is 92.9 Å². The van der Waals surface area contributed by atoms with Gasteiger partial charge in [-0.15, -0.1) is 0 Å². The number of methoxy groups -OCH3 is 1. The summed E-state index contributed by atoms with van der Waals surface area (Å²) in [6.07, 6.45) is 4.95. The lowest BCUT2D eigenvalue weighted by Crippen LogP contribution is -1.95. The Bertz CT molecular complexity index is 323. The van der Waals surface area contributed by atoms with Gasteiger partial charge in [-0.2, -0.15) is 0 Å². The van der Waals surface area contributed by atoms with Gasteiger partial charge in [-0.05, 0) is 31.2 Å². The lowest BCUT2D eigenvalue weighted by Gasteiger charge is -2.04. The molecule has 0 saturated heterocycles. The van der Waals surface area contributed by atoms with E-state index in [0.717, 1.165) is 22.2 Å². The number of nitrogens with two attached hydrogens (primary N) is 1. The van der Waals surface area contributed by atoms with E-state index in [1.807, 2.05) is 30.4 Å². The molecule has 0 aliphatic carbocycles. The molecule has 0 aliphatic heterocycles. The first-order chi connectivity index (χ1) is 6.77. The Morgan fingerprint density at radius 3 is 2.93 bits per heavy atom. The van der Waals surface area contributed by atoms with Crippen molar-refractivity contribution < 1.29 is 4.74 Å². The van der Waals surface area contributed by atoms with Crippen LogP contribution in [0.2, 0.25) is 0 Å². The first-order valence-electron chi connectivity index (χ1n) is 4.48. The molecule has 0 amide bonds. The second-order valence-corrected chi connectivity index (χ2v) is 3.78. The summed E-state index contributed by atoms with van der Waals surface area (Å²) < 4.78 is 6.27. The van der Waals surface area contributed by atoms with Gasteiger partial charge in [0.1, 0.15) is 5.75 Å². The van der Waals surface area contributed by atoms with Crippen molar-refractivity contribution in [3.8, 4) is 5.75 Å². The topological polar surface area (TPSA) is 35.2 Å². The maximum Gasteiger partial charge on any atom is 0.126 e. The molecule has 14 heavy (non-hydrogen) atoms. The Kier molecular flexibility index (Phi) is 4.70. The first kappa shape index (κ1) is 11.3. The van der Waals surface area contributed by atoms with Crippen LogP contribution < -0.4 is 10.5 Å². The minimum Gasteiger partial charge on any atom is -0.496 e. The molecular weight excluding hydrogens is 242 g/mol. The molecular formula is C11H14BrNO. The summed E-state index contributed by atoms with van der Waals surface area (Å²) in [5.74, 6) is 0.876. The van der Waals surface area contributed by atoms with E-state index in [-0.39, 0.29) is 0 Å². The van der Waals surface area contributed by atoms with Crippen LogP contribution in [-0.2, 0) is 0 Å². The molecule has 3 heteroatoms. The van der Waals surface area contributed by atoms with Gasteiger partial charge in [0.25, 0.3) is 0 Å². The van der Waals surface area contributed by atoms with Gasteiger partial charge in [-0.1, -0.05) is 28.1 Å². The fraction of sp³-hybridized carbons (Fsp3) is 0.273. The molecule has 0 heterocycles. The molecule has 2 N–H and O–H groups in total. The minimum absolute atomic E-state index is 0.673. The highest BCUT2D eigenvalue weighted by molar-refractivity contribution is 9.10.